The van der Waals surface area contributed by atoms with E-state index in [2.05, 4.69) is 10.6 Å². The lowest BCUT2D eigenvalue weighted by molar-refractivity contribution is -0.142. The van der Waals surface area contributed by atoms with E-state index < -0.39 is 24.4 Å². The maximum absolute atomic E-state index is 12.2. The molecule has 2 amide bonds. The molecule has 2 N–H and O–H groups in total. The smallest absolute Gasteiger partial charge is 0.325 e. The lowest BCUT2D eigenvalue weighted by Gasteiger charge is -2.09. The van der Waals surface area contributed by atoms with Crippen molar-refractivity contribution in [3.8, 4) is 0 Å². The monoisotopic (exact) mass is 382 g/mol. The first-order chi connectivity index (χ1) is 13.4. The van der Waals surface area contributed by atoms with Gasteiger partial charge in [-0.25, -0.2) is 0 Å². The number of aryl methyl sites for hydroxylation is 2. The highest BCUT2D eigenvalue weighted by Gasteiger charge is 2.14. The molecule has 2 aromatic rings. The summed E-state index contributed by atoms with van der Waals surface area (Å²) in [5, 5.41) is 4.78. The second kappa shape index (κ2) is 10.0. The summed E-state index contributed by atoms with van der Waals surface area (Å²) in [6.45, 7) is 2.61. The average Bonchev–Trinajstić information content (AvgIpc) is 2.71. The molecule has 0 bridgehead atoms. The molecule has 0 aliphatic rings. The second-order valence-electron chi connectivity index (χ2n) is 6.23. The minimum Gasteiger partial charge on any atom is -0.456 e. The van der Waals surface area contributed by atoms with E-state index in [1.54, 1.807) is 43.3 Å². The molecule has 7 heteroatoms. The Morgan fingerprint density at radius 1 is 0.893 bits per heavy atom. The molecule has 0 aromatic heterocycles. The predicted molar refractivity (Wildman–Crippen MR) is 103 cm³/mol. The van der Waals surface area contributed by atoms with Crippen molar-refractivity contribution < 1.29 is 23.9 Å². The number of amides is 2. The van der Waals surface area contributed by atoms with Gasteiger partial charge in [-0.2, -0.15) is 0 Å². The number of esters is 1. The number of ether oxygens (including phenoxy) is 1. The van der Waals surface area contributed by atoms with Gasteiger partial charge in [-0.1, -0.05) is 35.9 Å². The summed E-state index contributed by atoms with van der Waals surface area (Å²) in [5.74, 6) is -1.98. The summed E-state index contributed by atoms with van der Waals surface area (Å²) in [7, 11) is 0. The van der Waals surface area contributed by atoms with Gasteiger partial charge in [0, 0.05) is 11.1 Å². The van der Waals surface area contributed by atoms with Crippen LogP contribution in [0.1, 0.15) is 31.8 Å². The predicted octanol–water partition coefficient (Wildman–Crippen LogP) is 1.58. The van der Waals surface area contributed by atoms with Gasteiger partial charge in [0.2, 0.25) is 11.7 Å². The van der Waals surface area contributed by atoms with Crippen LogP contribution in [-0.4, -0.2) is 43.3 Å². The highest BCUT2D eigenvalue weighted by Crippen LogP contribution is 2.11. The molecule has 0 unspecified atom stereocenters. The van der Waals surface area contributed by atoms with Crippen molar-refractivity contribution in [1.29, 1.82) is 0 Å². The molecule has 2 aromatic carbocycles. The summed E-state index contributed by atoms with van der Waals surface area (Å²) in [6.07, 6.45) is 0. The van der Waals surface area contributed by atoms with Crippen molar-refractivity contribution in [3.05, 3.63) is 70.8 Å². The second-order valence-corrected chi connectivity index (χ2v) is 6.23. The molecule has 0 atom stereocenters. The van der Waals surface area contributed by atoms with Crippen LogP contribution in [0.4, 0.5) is 0 Å². The molecule has 0 radical (unpaired) electrons. The fourth-order valence-electron chi connectivity index (χ4n) is 2.40. The lowest BCUT2D eigenvalue weighted by atomic mass is 10.0. The SMILES string of the molecule is Cc1ccc(C)c(C(=O)COC(=O)CNC(=O)CNC(=O)c2ccccc2)c1. The number of Topliss-reactive ketones (excluding diaryl/α,β-unsaturated/α-hetero) is 1. The minimum absolute atomic E-state index is 0.275. The van der Waals surface area contributed by atoms with Gasteiger partial charge in [0.1, 0.15) is 6.54 Å². The standard InChI is InChI=1S/C21H22N2O5/c1-14-8-9-15(2)17(10-14)18(24)13-28-20(26)12-22-19(25)11-23-21(27)16-6-4-3-5-7-16/h3-10H,11-13H2,1-2H3,(H,22,25)(H,23,27). The van der Waals surface area contributed by atoms with E-state index in [0.29, 0.717) is 11.1 Å². The normalized spacial score (nSPS) is 10.1. The topological polar surface area (TPSA) is 102 Å². The zero-order valence-electron chi connectivity index (χ0n) is 15.8. The van der Waals surface area contributed by atoms with E-state index in [0.717, 1.165) is 11.1 Å². The zero-order chi connectivity index (χ0) is 20.5. The number of ketones is 1. The Hall–Kier alpha value is -3.48. The Kier molecular flexibility index (Phi) is 7.45. The number of rotatable bonds is 8. The van der Waals surface area contributed by atoms with Crippen molar-refractivity contribution in [1.82, 2.24) is 10.6 Å². The van der Waals surface area contributed by atoms with Crippen LogP contribution in [0.3, 0.4) is 0 Å². The Morgan fingerprint density at radius 2 is 1.61 bits per heavy atom. The number of nitrogens with one attached hydrogen (secondary N) is 2. The van der Waals surface area contributed by atoms with Crippen molar-refractivity contribution in [2.24, 2.45) is 0 Å². The largest absolute Gasteiger partial charge is 0.456 e. The Labute approximate surface area is 163 Å². The first-order valence-corrected chi connectivity index (χ1v) is 8.73. The van der Waals surface area contributed by atoms with Gasteiger partial charge in [-0.05, 0) is 37.6 Å². The van der Waals surface area contributed by atoms with Crippen LogP contribution in [0.5, 0.6) is 0 Å². The quantitative estimate of drug-likeness (QED) is 0.533. The first kappa shape index (κ1) is 20.8. The number of carbonyl (C=O) groups excluding carboxylic acids is 4. The summed E-state index contributed by atoms with van der Waals surface area (Å²) in [6, 6.07) is 13.9. The molecule has 28 heavy (non-hydrogen) atoms. The summed E-state index contributed by atoms with van der Waals surface area (Å²) in [4.78, 5) is 47.4. The Morgan fingerprint density at radius 3 is 2.32 bits per heavy atom. The highest BCUT2D eigenvalue weighted by atomic mass is 16.5. The Balaban J connectivity index is 1.70. The fraction of sp³-hybridized carbons (Fsp3) is 0.238. The molecule has 0 aliphatic heterocycles. The number of hydrogen-bond donors (Lipinski definition) is 2. The zero-order valence-corrected chi connectivity index (χ0v) is 15.8. The number of hydrogen-bond acceptors (Lipinski definition) is 5. The third-order valence-electron chi connectivity index (χ3n) is 3.93. The van der Waals surface area contributed by atoms with Gasteiger partial charge < -0.3 is 15.4 Å². The van der Waals surface area contributed by atoms with Crippen LogP contribution in [-0.2, 0) is 14.3 Å². The molecule has 0 fully saturated rings. The fourth-order valence-corrected chi connectivity index (χ4v) is 2.40. The summed E-state index contributed by atoms with van der Waals surface area (Å²) < 4.78 is 4.91. The van der Waals surface area contributed by atoms with E-state index in [4.69, 9.17) is 4.74 Å². The average molecular weight is 382 g/mol. The number of carbonyl (C=O) groups is 4. The van der Waals surface area contributed by atoms with Crippen LogP contribution < -0.4 is 10.6 Å². The van der Waals surface area contributed by atoms with Gasteiger partial charge >= 0.3 is 5.97 Å². The molecule has 146 valence electrons. The molecule has 0 spiro atoms. The van der Waals surface area contributed by atoms with Gasteiger partial charge in [-0.3, -0.25) is 19.2 Å². The maximum atomic E-state index is 12.2. The third-order valence-corrected chi connectivity index (χ3v) is 3.93. The van der Waals surface area contributed by atoms with Gasteiger partial charge in [0.15, 0.2) is 6.61 Å². The highest BCUT2D eigenvalue weighted by molar-refractivity contribution is 5.99. The van der Waals surface area contributed by atoms with Crippen molar-refractivity contribution >= 4 is 23.6 Å². The maximum Gasteiger partial charge on any atom is 0.325 e. The van der Waals surface area contributed by atoms with Gasteiger partial charge in [-0.15, -0.1) is 0 Å². The molecular weight excluding hydrogens is 360 g/mol. The van der Waals surface area contributed by atoms with Crippen molar-refractivity contribution in [3.63, 3.8) is 0 Å². The molecule has 0 aliphatic carbocycles. The van der Waals surface area contributed by atoms with Gasteiger partial charge in [0.05, 0.1) is 6.54 Å². The number of benzene rings is 2. The van der Waals surface area contributed by atoms with Crippen molar-refractivity contribution in [2.45, 2.75) is 13.8 Å². The summed E-state index contributed by atoms with van der Waals surface area (Å²) >= 11 is 0. The Bertz CT molecular complexity index is 878. The molecule has 0 saturated carbocycles. The van der Waals surface area contributed by atoms with Gasteiger partial charge in [0.25, 0.3) is 5.91 Å². The van der Waals surface area contributed by atoms with E-state index in [1.165, 1.54) is 0 Å². The van der Waals surface area contributed by atoms with Crippen molar-refractivity contribution in [2.75, 3.05) is 19.7 Å². The van der Waals surface area contributed by atoms with Crippen LogP contribution in [0.15, 0.2) is 48.5 Å². The van der Waals surface area contributed by atoms with E-state index >= 15 is 0 Å². The molecular formula is C21H22N2O5. The molecule has 2 rings (SSSR count). The van der Waals surface area contributed by atoms with E-state index in [9.17, 15) is 19.2 Å². The minimum atomic E-state index is -0.735. The van der Waals surface area contributed by atoms with Crippen LogP contribution >= 0.6 is 0 Å². The molecule has 0 heterocycles. The van der Waals surface area contributed by atoms with Crippen LogP contribution in [0.25, 0.3) is 0 Å². The van der Waals surface area contributed by atoms with E-state index in [-0.39, 0.29) is 18.9 Å². The summed E-state index contributed by atoms with van der Waals surface area (Å²) in [5.41, 5.74) is 2.67. The third kappa shape index (κ3) is 6.35. The van der Waals surface area contributed by atoms with Crippen LogP contribution in [0, 0.1) is 13.8 Å². The van der Waals surface area contributed by atoms with Crippen LogP contribution in [0.2, 0.25) is 0 Å². The molecule has 0 saturated heterocycles. The lowest BCUT2D eigenvalue weighted by Crippen LogP contribution is -2.39. The first-order valence-electron chi connectivity index (χ1n) is 8.73. The molecule has 7 nitrogen and oxygen atoms in total. The van der Waals surface area contributed by atoms with E-state index in [1.807, 2.05) is 19.1 Å².